The van der Waals surface area contributed by atoms with Gasteiger partial charge in [-0.1, -0.05) is 12.1 Å². The molecular formula is C20H23N5O2. The number of anilines is 1. The van der Waals surface area contributed by atoms with E-state index in [2.05, 4.69) is 36.1 Å². The van der Waals surface area contributed by atoms with Gasteiger partial charge in [-0.15, -0.1) is 0 Å². The Morgan fingerprint density at radius 1 is 1.11 bits per heavy atom. The Balaban J connectivity index is 1.93. The number of aromatic nitrogens is 3. The van der Waals surface area contributed by atoms with Gasteiger partial charge >= 0.3 is 0 Å². The minimum Gasteiger partial charge on any atom is -0.356 e. The maximum Gasteiger partial charge on any atom is 0.260 e. The first-order valence-corrected chi connectivity index (χ1v) is 8.98. The van der Waals surface area contributed by atoms with Crippen LogP contribution in [0, 0.1) is 0 Å². The Morgan fingerprint density at radius 3 is 2.52 bits per heavy atom. The van der Waals surface area contributed by atoms with Crippen LogP contribution in [0.3, 0.4) is 0 Å². The first-order valence-electron chi connectivity index (χ1n) is 8.98. The predicted octanol–water partition coefficient (Wildman–Crippen LogP) is 2.96. The quantitative estimate of drug-likeness (QED) is 0.651. The topological polar surface area (TPSA) is 93.9 Å². The zero-order valence-corrected chi connectivity index (χ0v) is 16.1. The first kappa shape index (κ1) is 17.3. The van der Waals surface area contributed by atoms with Gasteiger partial charge in [0.1, 0.15) is 0 Å². The number of rotatable bonds is 2. The fourth-order valence-electron chi connectivity index (χ4n) is 3.34. The number of nitrogens with zero attached hydrogens (tertiary/aromatic N) is 2. The molecule has 0 saturated heterocycles. The maximum absolute atomic E-state index is 12.7. The summed E-state index contributed by atoms with van der Waals surface area (Å²) in [4.78, 5) is 37.6. The standard InChI is InChI=1S/C20H23N5O2/c1-10-15-13(18(27)21-10)9-14(22-15)11-7-6-8-12-16(11)23-19(24-17(12)26)25(5)20(2,3)4/h6-10,22H,1-5H3,(H,21,27)(H,23,24,26). The molecule has 140 valence electrons. The minimum atomic E-state index is -0.195. The van der Waals surface area contributed by atoms with Crippen LogP contribution in [0.2, 0.25) is 0 Å². The van der Waals surface area contributed by atoms with Crippen LogP contribution in [0.15, 0.2) is 29.1 Å². The average Bonchev–Trinajstić information content (AvgIpc) is 3.14. The Labute approximate surface area is 156 Å². The molecule has 27 heavy (non-hydrogen) atoms. The number of benzene rings is 1. The van der Waals surface area contributed by atoms with Gasteiger partial charge in [-0.05, 0) is 39.8 Å². The SMILES string of the molecule is CC1NC(=O)c2cc(-c3cccc4c(=O)[nH]c(N(C)C(C)(C)C)nc34)[nH]c21. The zero-order valence-electron chi connectivity index (χ0n) is 16.1. The lowest BCUT2D eigenvalue weighted by Crippen LogP contribution is -2.40. The highest BCUT2D eigenvalue weighted by Crippen LogP contribution is 2.32. The lowest BCUT2D eigenvalue weighted by Gasteiger charge is -2.32. The van der Waals surface area contributed by atoms with Crippen molar-refractivity contribution in [2.45, 2.75) is 39.3 Å². The highest BCUT2D eigenvalue weighted by molar-refractivity contribution is 6.01. The molecule has 3 aromatic rings. The van der Waals surface area contributed by atoms with Gasteiger partial charge in [-0.25, -0.2) is 4.98 Å². The van der Waals surface area contributed by atoms with Crippen LogP contribution in [0.1, 0.15) is 49.8 Å². The van der Waals surface area contributed by atoms with E-state index in [-0.39, 0.29) is 23.0 Å². The third kappa shape index (κ3) is 2.70. The zero-order chi connectivity index (χ0) is 19.5. The summed E-state index contributed by atoms with van der Waals surface area (Å²) in [5.41, 5.74) is 3.33. The smallest absolute Gasteiger partial charge is 0.260 e. The summed E-state index contributed by atoms with van der Waals surface area (Å²) < 4.78 is 0. The van der Waals surface area contributed by atoms with E-state index >= 15 is 0 Å². The molecule has 3 N–H and O–H groups in total. The van der Waals surface area contributed by atoms with Crippen molar-refractivity contribution >= 4 is 22.8 Å². The lowest BCUT2D eigenvalue weighted by atomic mass is 10.1. The molecule has 1 amide bonds. The van der Waals surface area contributed by atoms with E-state index < -0.39 is 0 Å². The van der Waals surface area contributed by atoms with Crippen molar-refractivity contribution in [3.8, 4) is 11.3 Å². The molecule has 0 fully saturated rings. The summed E-state index contributed by atoms with van der Waals surface area (Å²) in [5.74, 6) is 0.428. The number of fused-ring (bicyclic) bond motifs is 2. The molecular weight excluding hydrogens is 342 g/mol. The minimum absolute atomic E-state index is 0.0600. The Morgan fingerprint density at radius 2 is 1.85 bits per heavy atom. The van der Waals surface area contributed by atoms with Gasteiger partial charge in [0.25, 0.3) is 11.5 Å². The van der Waals surface area contributed by atoms with Crippen molar-refractivity contribution in [2.24, 2.45) is 0 Å². The third-order valence-corrected chi connectivity index (χ3v) is 5.21. The number of amides is 1. The van der Waals surface area contributed by atoms with Gasteiger partial charge < -0.3 is 15.2 Å². The van der Waals surface area contributed by atoms with Crippen LogP contribution in [-0.4, -0.2) is 33.4 Å². The van der Waals surface area contributed by atoms with Gasteiger partial charge in [0.2, 0.25) is 5.95 Å². The second kappa shape index (κ2) is 5.70. The number of hydrogen-bond donors (Lipinski definition) is 3. The normalized spacial score (nSPS) is 16.5. The molecule has 7 heteroatoms. The second-order valence-electron chi connectivity index (χ2n) is 8.03. The first-order chi connectivity index (χ1) is 12.7. The van der Waals surface area contributed by atoms with Crippen molar-refractivity contribution in [3.05, 3.63) is 45.9 Å². The third-order valence-electron chi connectivity index (χ3n) is 5.21. The second-order valence-corrected chi connectivity index (χ2v) is 8.03. The van der Waals surface area contributed by atoms with E-state index in [1.165, 1.54) is 0 Å². The Bertz CT molecular complexity index is 1120. The molecule has 4 rings (SSSR count). The van der Waals surface area contributed by atoms with Crippen LogP contribution < -0.4 is 15.8 Å². The molecule has 7 nitrogen and oxygen atoms in total. The van der Waals surface area contributed by atoms with Crippen molar-refractivity contribution < 1.29 is 4.79 Å². The molecule has 2 aromatic heterocycles. The van der Waals surface area contributed by atoms with Crippen LogP contribution in [0.25, 0.3) is 22.2 Å². The van der Waals surface area contributed by atoms with E-state index in [1.807, 2.05) is 37.1 Å². The molecule has 1 aliphatic heterocycles. The van der Waals surface area contributed by atoms with Crippen LogP contribution in [-0.2, 0) is 0 Å². The molecule has 1 aliphatic rings. The molecule has 1 unspecified atom stereocenters. The van der Waals surface area contributed by atoms with E-state index in [9.17, 15) is 9.59 Å². The van der Waals surface area contributed by atoms with Crippen molar-refractivity contribution in [2.75, 3.05) is 11.9 Å². The molecule has 0 saturated carbocycles. The number of aromatic amines is 2. The van der Waals surface area contributed by atoms with Gasteiger partial charge in [-0.3, -0.25) is 14.6 Å². The van der Waals surface area contributed by atoms with Crippen LogP contribution >= 0.6 is 0 Å². The summed E-state index contributed by atoms with van der Waals surface area (Å²) in [7, 11) is 1.90. The predicted molar refractivity (Wildman–Crippen MR) is 106 cm³/mol. The lowest BCUT2D eigenvalue weighted by molar-refractivity contribution is 0.0958. The number of carbonyl (C=O) groups is 1. The monoisotopic (exact) mass is 365 g/mol. The maximum atomic E-state index is 12.7. The Kier molecular flexibility index (Phi) is 3.66. The molecule has 0 radical (unpaired) electrons. The number of carbonyl (C=O) groups excluding carboxylic acids is 1. The van der Waals surface area contributed by atoms with E-state index in [4.69, 9.17) is 4.98 Å². The molecule has 0 bridgehead atoms. The largest absolute Gasteiger partial charge is 0.356 e. The van der Waals surface area contributed by atoms with Crippen LogP contribution in [0.4, 0.5) is 5.95 Å². The van der Waals surface area contributed by atoms with E-state index in [0.717, 1.165) is 17.0 Å². The number of hydrogen-bond acceptors (Lipinski definition) is 4. The van der Waals surface area contributed by atoms with Gasteiger partial charge in [0.15, 0.2) is 0 Å². The van der Waals surface area contributed by atoms with Gasteiger partial charge in [0.05, 0.1) is 28.2 Å². The molecule has 1 aromatic carbocycles. The van der Waals surface area contributed by atoms with E-state index in [1.54, 1.807) is 6.07 Å². The molecule has 3 heterocycles. The molecule has 0 spiro atoms. The van der Waals surface area contributed by atoms with Crippen molar-refractivity contribution in [1.82, 2.24) is 20.3 Å². The fourth-order valence-corrected chi connectivity index (χ4v) is 3.34. The number of para-hydroxylation sites is 1. The molecule has 0 aliphatic carbocycles. The van der Waals surface area contributed by atoms with Crippen molar-refractivity contribution in [1.29, 1.82) is 0 Å². The number of H-pyrrole nitrogens is 2. The average molecular weight is 365 g/mol. The van der Waals surface area contributed by atoms with Crippen LogP contribution in [0.5, 0.6) is 0 Å². The van der Waals surface area contributed by atoms with Crippen molar-refractivity contribution in [3.63, 3.8) is 0 Å². The fraction of sp³-hybridized carbons (Fsp3) is 0.350. The summed E-state index contributed by atoms with van der Waals surface area (Å²) in [6.45, 7) is 8.10. The highest BCUT2D eigenvalue weighted by Gasteiger charge is 2.29. The highest BCUT2D eigenvalue weighted by atomic mass is 16.2. The number of nitrogens with one attached hydrogen (secondary N) is 3. The van der Waals surface area contributed by atoms with Gasteiger partial charge in [-0.2, -0.15) is 0 Å². The molecule has 1 atom stereocenters. The summed E-state index contributed by atoms with van der Waals surface area (Å²) in [5, 5.41) is 3.40. The Hall–Kier alpha value is -3.09. The van der Waals surface area contributed by atoms with Gasteiger partial charge in [0, 0.05) is 23.8 Å². The summed E-state index contributed by atoms with van der Waals surface area (Å²) >= 11 is 0. The summed E-state index contributed by atoms with van der Waals surface area (Å²) in [6.07, 6.45) is 0. The van der Waals surface area contributed by atoms with E-state index in [0.29, 0.717) is 22.4 Å². The summed E-state index contributed by atoms with van der Waals surface area (Å²) in [6, 6.07) is 7.28.